The zero-order chi connectivity index (χ0) is 10.2. The van der Waals surface area contributed by atoms with E-state index in [1.54, 1.807) is 4.68 Å². The van der Waals surface area contributed by atoms with Crippen molar-refractivity contribution in [1.82, 2.24) is 20.2 Å². The van der Waals surface area contributed by atoms with Crippen LogP contribution in [0.3, 0.4) is 0 Å². The Kier molecular flexibility index (Phi) is 4.92. The highest BCUT2D eigenvalue weighted by Gasteiger charge is 1.99. The summed E-state index contributed by atoms with van der Waals surface area (Å²) in [6.45, 7) is 4.43. The van der Waals surface area contributed by atoms with E-state index in [1.165, 1.54) is 6.42 Å². The molecule has 0 unspecified atom stereocenters. The minimum atomic E-state index is 0.360. The van der Waals surface area contributed by atoms with Gasteiger partial charge < -0.3 is 10.5 Å². The number of rotatable bonds is 7. The van der Waals surface area contributed by atoms with Crippen LogP contribution >= 0.6 is 0 Å². The molecule has 0 aromatic carbocycles. The van der Waals surface area contributed by atoms with Gasteiger partial charge in [0, 0.05) is 19.8 Å². The Hall–Kier alpha value is -1.17. The van der Waals surface area contributed by atoms with Crippen molar-refractivity contribution >= 4 is 5.95 Å². The molecule has 0 fully saturated rings. The summed E-state index contributed by atoms with van der Waals surface area (Å²) in [7, 11) is 0. The zero-order valence-electron chi connectivity index (χ0n) is 8.52. The van der Waals surface area contributed by atoms with Crippen LogP contribution in [0, 0.1) is 0 Å². The van der Waals surface area contributed by atoms with Crippen LogP contribution in [0.25, 0.3) is 0 Å². The van der Waals surface area contributed by atoms with Gasteiger partial charge in [-0.3, -0.25) is 0 Å². The van der Waals surface area contributed by atoms with Gasteiger partial charge in [-0.05, 0) is 23.3 Å². The Morgan fingerprint density at radius 2 is 2.14 bits per heavy atom. The van der Waals surface area contributed by atoms with Gasteiger partial charge in [0.15, 0.2) is 0 Å². The first-order valence-corrected chi connectivity index (χ1v) is 4.94. The van der Waals surface area contributed by atoms with Gasteiger partial charge in [-0.15, -0.1) is 0 Å². The number of tetrazole rings is 1. The number of anilines is 1. The lowest BCUT2D eigenvalue weighted by molar-refractivity contribution is 0.125. The molecule has 6 heteroatoms. The highest BCUT2D eigenvalue weighted by molar-refractivity contribution is 5.09. The van der Waals surface area contributed by atoms with E-state index in [4.69, 9.17) is 10.5 Å². The van der Waals surface area contributed by atoms with Crippen molar-refractivity contribution in [3.63, 3.8) is 0 Å². The Balaban J connectivity index is 2.02. The van der Waals surface area contributed by atoms with Crippen molar-refractivity contribution in [2.45, 2.75) is 32.7 Å². The minimum absolute atomic E-state index is 0.360. The van der Waals surface area contributed by atoms with Crippen molar-refractivity contribution in [3.8, 4) is 0 Å². The van der Waals surface area contributed by atoms with E-state index in [1.807, 2.05) is 0 Å². The molecular formula is C8H17N5O. The molecule has 0 spiro atoms. The molecule has 0 saturated heterocycles. The first-order valence-electron chi connectivity index (χ1n) is 4.94. The lowest BCUT2D eigenvalue weighted by Crippen LogP contribution is -2.08. The second kappa shape index (κ2) is 6.31. The monoisotopic (exact) mass is 199 g/mol. The van der Waals surface area contributed by atoms with Crippen molar-refractivity contribution in [3.05, 3.63) is 0 Å². The fourth-order valence-corrected chi connectivity index (χ4v) is 1.04. The molecule has 14 heavy (non-hydrogen) atoms. The predicted molar refractivity (Wildman–Crippen MR) is 52.6 cm³/mol. The standard InChI is InChI=1S/C8H17N5O/c1-2-3-6-14-7-4-5-13-8(9)10-11-12-13/h2-7H2,1H3,(H2,9,10,12). The van der Waals surface area contributed by atoms with Crippen LogP contribution in [-0.4, -0.2) is 33.4 Å². The summed E-state index contributed by atoms with van der Waals surface area (Å²) in [5.74, 6) is 0.360. The van der Waals surface area contributed by atoms with Crippen molar-refractivity contribution in [1.29, 1.82) is 0 Å². The van der Waals surface area contributed by atoms with Crippen LogP contribution < -0.4 is 5.73 Å². The molecule has 0 bridgehead atoms. The molecular weight excluding hydrogens is 182 g/mol. The van der Waals surface area contributed by atoms with Gasteiger partial charge in [0.25, 0.3) is 0 Å². The van der Waals surface area contributed by atoms with E-state index < -0.39 is 0 Å². The second-order valence-corrected chi connectivity index (χ2v) is 3.08. The van der Waals surface area contributed by atoms with Gasteiger partial charge in [0.1, 0.15) is 0 Å². The van der Waals surface area contributed by atoms with Crippen LogP contribution in [0.1, 0.15) is 26.2 Å². The lowest BCUT2D eigenvalue weighted by atomic mass is 10.4. The number of nitrogens with zero attached hydrogens (tertiary/aromatic N) is 4. The molecule has 1 heterocycles. The molecule has 2 N–H and O–H groups in total. The molecule has 0 atom stereocenters. The highest BCUT2D eigenvalue weighted by atomic mass is 16.5. The van der Waals surface area contributed by atoms with Crippen LogP contribution in [0.5, 0.6) is 0 Å². The third-order valence-corrected chi connectivity index (χ3v) is 1.86. The minimum Gasteiger partial charge on any atom is -0.381 e. The van der Waals surface area contributed by atoms with E-state index in [-0.39, 0.29) is 0 Å². The number of hydrogen-bond acceptors (Lipinski definition) is 5. The quantitative estimate of drug-likeness (QED) is 0.645. The average molecular weight is 199 g/mol. The molecule has 1 aromatic heterocycles. The fraction of sp³-hybridized carbons (Fsp3) is 0.875. The number of hydrogen-bond donors (Lipinski definition) is 1. The topological polar surface area (TPSA) is 78.8 Å². The van der Waals surface area contributed by atoms with Crippen LogP contribution in [0.4, 0.5) is 5.95 Å². The molecule has 1 rings (SSSR count). The number of aromatic nitrogens is 4. The Morgan fingerprint density at radius 3 is 2.79 bits per heavy atom. The Bertz CT molecular complexity index is 250. The number of nitrogen functional groups attached to an aromatic ring is 1. The average Bonchev–Trinajstić information content (AvgIpc) is 2.58. The van der Waals surface area contributed by atoms with Crippen molar-refractivity contribution < 1.29 is 4.74 Å². The molecule has 6 nitrogen and oxygen atoms in total. The zero-order valence-corrected chi connectivity index (χ0v) is 8.52. The number of nitrogens with two attached hydrogens (primary N) is 1. The van der Waals surface area contributed by atoms with Gasteiger partial charge in [0.05, 0.1) is 0 Å². The van der Waals surface area contributed by atoms with Crippen molar-refractivity contribution in [2.24, 2.45) is 0 Å². The summed E-state index contributed by atoms with van der Waals surface area (Å²) in [6.07, 6.45) is 3.17. The Morgan fingerprint density at radius 1 is 1.36 bits per heavy atom. The molecule has 0 aliphatic carbocycles. The van der Waals surface area contributed by atoms with E-state index in [2.05, 4.69) is 22.4 Å². The summed E-state index contributed by atoms with van der Waals surface area (Å²) < 4.78 is 6.96. The smallest absolute Gasteiger partial charge is 0.240 e. The van der Waals surface area contributed by atoms with Crippen LogP contribution in [0.15, 0.2) is 0 Å². The SMILES string of the molecule is CCCCOCCCn1nnnc1N. The molecule has 0 saturated carbocycles. The first-order chi connectivity index (χ1) is 6.84. The lowest BCUT2D eigenvalue weighted by Gasteiger charge is -2.03. The maximum atomic E-state index is 5.49. The molecule has 1 aromatic rings. The van der Waals surface area contributed by atoms with E-state index in [9.17, 15) is 0 Å². The molecule has 0 aliphatic heterocycles. The number of aryl methyl sites for hydroxylation is 1. The fourth-order valence-electron chi connectivity index (χ4n) is 1.04. The third kappa shape index (κ3) is 3.69. The second-order valence-electron chi connectivity index (χ2n) is 3.08. The van der Waals surface area contributed by atoms with E-state index in [0.717, 1.165) is 26.1 Å². The molecule has 80 valence electrons. The summed E-state index contributed by atoms with van der Waals surface area (Å²) in [6, 6.07) is 0. The van der Waals surface area contributed by atoms with Gasteiger partial charge in [-0.1, -0.05) is 18.4 Å². The maximum absolute atomic E-state index is 5.49. The molecule has 0 radical (unpaired) electrons. The third-order valence-electron chi connectivity index (χ3n) is 1.86. The maximum Gasteiger partial charge on any atom is 0.240 e. The van der Waals surface area contributed by atoms with E-state index >= 15 is 0 Å². The summed E-state index contributed by atoms with van der Waals surface area (Å²) in [5, 5.41) is 10.8. The summed E-state index contributed by atoms with van der Waals surface area (Å²) in [4.78, 5) is 0. The largest absolute Gasteiger partial charge is 0.381 e. The normalized spacial score (nSPS) is 10.6. The van der Waals surface area contributed by atoms with E-state index in [0.29, 0.717) is 12.5 Å². The Labute approximate surface area is 83.4 Å². The van der Waals surface area contributed by atoms with Gasteiger partial charge in [-0.25, -0.2) is 4.68 Å². The summed E-state index contributed by atoms with van der Waals surface area (Å²) in [5.41, 5.74) is 5.49. The predicted octanol–water partition coefficient (Wildman–Crippen LogP) is 0.462. The number of ether oxygens (including phenoxy) is 1. The van der Waals surface area contributed by atoms with Gasteiger partial charge in [-0.2, -0.15) is 0 Å². The molecule has 0 aliphatic rings. The van der Waals surface area contributed by atoms with Crippen LogP contribution in [-0.2, 0) is 11.3 Å². The molecule has 0 amide bonds. The van der Waals surface area contributed by atoms with Crippen molar-refractivity contribution in [2.75, 3.05) is 18.9 Å². The van der Waals surface area contributed by atoms with Gasteiger partial charge in [0.2, 0.25) is 5.95 Å². The highest BCUT2D eigenvalue weighted by Crippen LogP contribution is 1.95. The van der Waals surface area contributed by atoms with Gasteiger partial charge >= 0.3 is 0 Å². The van der Waals surface area contributed by atoms with Crippen LogP contribution in [0.2, 0.25) is 0 Å². The first kappa shape index (κ1) is 10.9. The summed E-state index contributed by atoms with van der Waals surface area (Å²) >= 11 is 0. The number of unbranched alkanes of at least 4 members (excludes halogenated alkanes) is 1.